The van der Waals surface area contributed by atoms with E-state index in [4.69, 9.17) is 4.74 Å². The number of carbonyl (C=O) groups is 1. The van der Waals surface area contributed by atoms with Crippen LogP contribution in [0.5, 0.6) is 0 Å². The number of hydrogen-bond donors (Lipinski definition) is 2. The second-order valence-corrected chi connectivity index (χ2v) is 8.03. The Hall–Kier alpha value is -3.80. The van der Waals surface area contributed by atoms with E-state index in [0.29, 0.717) is 17.2 Å². The summed E-state index contributed by atoms with van der Waals surface area (Å²) >= 11 is 0. The van der Waals surface area contributed by atoms with Crippen molar-refractivity contribution in [1.29, 1.82) is 0 Å². The van der Waals surface area contributed by atoms with Gasteiger partial charge < -0.3 is 14.9 Å². The van der Waals surface area contributed by atoms with E-state index in [9.17, 15) is 10.0 Å². The third kappa shape index (κ3) is 3.40. The van der Waals surface area contributed by atoms with Crippen LogP contribution in [0.3, 0.4) is 0 Å². The summed E-state index contributed by atoms with van der Waals surface area (Å²) in [4.78, 5) is 16.2. The smallest absolute Gasteiger partial charge is 0.273 e. The van der Waals surface area contributed by atoms with Crippen molar-refractivity contribution in [3.05, 3.63) is 89.0 Å². The van der Waals surface area contributed by atoms with Crippen LogP contribution < -0.4 is 5.32 Å². The molecule has 2 aliphatic rings. The summed E-state index contributed by atoms with van der Waals surface area (Å²) in [6.07, 6.45) is 4.81. The van der Waals surface area contributed by atoms with Gasteiger partial charge in [-0.05, 0) is 31.6 Å². The summed E-state index contributed by atoms with van der Waals surface area (Å²) in [5.74, 6) is 0.165. The molecule has 1 aliphatic carbocycles. The molecule has 2 aromatic carbocycles. The number of nitrogens with one attached hydrogen (secondary N) is 2. The maximum absolute atomic E-state index is 13.0. The molecule has 2 heterocycles. The predicted molar refractivity (Wildman–Crippen MR) is 121 cm³/mol. The molecule has 2 N–H and O–H groups in total. The van der Waals surface area contributed by atoms with Gasteiger partial charge in [0.25, 0.3) is 12.1 Å². The molecule has 0 saturated heterocycles. The average Bonchev–Trinajstić information content (AvgIpc) is 3.21. The van der Waals surface area contributed by atoms with Crippen LogP contribution in [0.25, 0.3) is 22.0 Å². The summed E-state index contributed by atoms with van der Waals surface area (Å²) in [7, 11) is 0. The van der Waals surface area contributed by atoms with Gasteiger partial charge >= 0.3 is 0 Å². The van der Waals surface area contributed by atoms with Gasteiger partial charge in [-0.1, -0.05) is 60.2 Å². The minimum Gasteiger partial charge on any atom is -0.622 e. The van der Waals surface area contributed by atoms with Crippen molar-refractivity contribution in [2.24, 2.45) is 5.92 Å². The highest BCUT2D eigenvalue weighted by atomic mass is 16.5. The molecule has 0 bridgehead atoms. The minimum atomic E-state index is -0.781. The number of rotatable bonds is 3. The fourth-order valence-corrected chi connectivity index (χ4v) is 4.13. The summed E-state index contributed by atoms with van der Waals surface area (Å²) in [6, 6.07) is 16.1. The number of aryl methyl sites for hydroxylation is 1. The molecule has 1 aliphatic heterocycles. The number of aromatic nitrogens is 1. The quantitative estimate of drug-likeness (QED) is 0.497. The molecule has 6 nitrogen and oxygen atoms in total. The van der Waals surface area contributed by atoms with Crippen LogP contribution in [0.2, 0.25) is 0 Å². The summed E-state index contributed by atoms with van der Waals surface area (Å²) in [6.45, 7) is 4.08. The number of aromatic amines is 1. The Balaban J connectivity index is 1.44. The van der Waals surface area contributed by atoms with Gasteiger partial charge in [0.15, 0.2) is 12.4 Å². The van der Waals surface area contributed by atoms with Crippen molar-refractivity contribution in [2.45, 2.75) is 20.0 Å². The van der Waals surface area contributed by atoms with Crippen LogP contribution >= 0.6 is 0 Å². The molecule has 0 radical (unpaired) electrons. The first-order chi connectivity index (χ1) is 15.0. The van der Waals surface area contributed by atoms with Gasteiger partial charge in [-0.15, -0.1) is 0 Å². The van der Waals surface area contributed by atoms with Gasteiger partial charge in [-0.3, -0.25) is 10.1 Å². The van der Waals surface area contributed by atoms with Gasteiger partial charge in [0.1, 0.15) is 5.69 Å². The van der Waals surface area contributed by atoms with Gasteiger partial charge in [0.05, 0.1) is 11.4 Å². The highest BCUT2D eigenvalue weighted by molar-refractivity contribution is 6.02. The van der Waals surface area contributed by atoms with Gasteiger partial charge in [0.2, 0.25) is 5.71 Å². The fraction of sp³-hybridized carbons (Fsp3) is 0.200. The molecule has 3 aromatic rings. The number of para-hydroxylation sites is 1. The standard InChI is InChI=1S/C25H23N3O3/c1-15-9-11-17(12-10-15)19-7-4-6-18-13-20(26-23(18)19)25(29)27-22-14-31-21-8-3-5-16(2)24(21)28(22)30/h3-13,16,22,26H,14H2,1-2H3,(H,27,29). The molecular weight excluding hydrogens is 390 g/mol. The molecule has 0 spiro atoms. The minimum absolute atomic E-state index is 0.0673. The highest BCUT2D eigenvalue weighted by Gasteiger charge is 2.36. The Kier molecular flexibility index (Phi) is 4.62. The van der Waals surface area contributed by atoms with Crippen LogP contribution in [0.15, 0.2) is 72.5 Å². The summed E-state index contributed by atoms with van der Waals surface area (Å²) in [5, 5.41) is 16.6. The van der Waals surface area contributed by atoms with Gasteiger partial charge in [-0.25, -0.2) is 0 Å². The Morgan fingerprint density at radius 1 is 1.23 bits per heavy atom. The lowest BCUT2D eigenvalue weighted by Crippen LogP contribution is -2.51. The third-order valence-electron chi connectivity index (χ3n) is 5.81. The summed E-state index contributed by atoms with van der Waals surface area (Å²) in [5.41, 5.74) is 5.13. The molecule has 156 valence electrons. The van der Waals surface area contributed by atoms with Crippen molar-refractivity contribution in [3.63, 3.8) is 0 Å². The van der Waals surface area contributed by atoms with Crippen molar-refractivity contribution < 1.29 is 14.3 Å². The summed E-state index contributed by atoms with van der Waals surface area (Å²) < 4.78 is 6.59. The number of nitrogens with zero attached hydrogens (tertiary/aromatic N) is 1. The lowest BCUT2D eigenvalue weighted by Gasteiger charge is -2.29. The molecule has 5 rings (SSSR count). The van der Waals surface area contributed by atoms with E-state index in [-0.39, 0.29) is 18.4 Å². The Labute approximate surface area is 180 Å². The number of ether oxygens (including phenoxy) is 1. The molecule has 31 heavy (non-hydrogen) atoms. The fourth-order valence-electron chi connectivity index (χ4n) is 4.13. The van der Waals surface area contributed by atoms with Crippen molar-refractivity contribution in [3.8, 4) is 11.1 Å². The SMILES string of the molecule is Cc1ccc(-c2cccc3cc(C(=O)NC4COC5=CC=CC(C)C5=[N+]4[O-])[nH]c23)cc1. The van der Waals surface area contributed by atoms with E-state index in [0.717, 1.165) is 26.8 Å². The maximum Gasteiger partial charge on any atom is 0.273 e. The molecular formula is C25H23N3O3. The Bertz CT molecular complexity index is 1260. The highest BCUT2D eigenvalue weighted by Crippen LogP contribution is 2.29. The normalized spacial score (nSPS) is 20.3. The van der Waals surface area contributed by atoms with Crippen molar-refractivity contribution in [1.82, 2.24) is 10.3 Å². The predicted octanol–water partition coefficient (Wildman–Crippen LogP) is 4.27. The Morgan fingerprint density at radius 3 is 2.84 bits per heavy atom. The molecule has 2 atom stereocenters. The largest absolute Gasteiger partial charge is 0.622 e. The van der Waals surface area contributed by atoms with E-state index in [1.165, 1.54) is 5.56 Å². The van der Waals surface area contributed by atoms with Crippen molar-refractivity contribution >= 4 is 22.5 Å². The van der Waals surface area contributed by atoms with E-state index in [1.54, 1.807) is 6.08 Å². The first kappa shape index (κ1) is 19.2. The number of amides is 1. The average molecular weight is 413 g/mol. The number of hydrogen-bond acceptors (Lipinski definition) is 3. The van der Waals surface area contributed by atoms with Crippen LogP contribution in [0.1, 0.15) is 23.0 Å². The molecule has 0 fully saturated rings. The molecule has 1 aromatic heterocycles. The molecule has 0 saturated carbocycles. The van der Waals surface area contributed by atoms with Crippen molar-refractivity contribution in [2.75, 3.05) is 6.61 Å². The van der Waals surface area contributed by atoms with Crippen LogP contribution in [0, 0.1) is 18.0 Å². The first-order valence-electron chi connectivity index (χ1n) is 10.4. The van der Waals surface area contributed by atoms with Gasteiger partial charge in [-0.2, -0.15) is 4.74 Å². The van der Waals surface area contributed by atoms with Crippen LogP contribution in [-0.4, -0.2) is 34.1 Å². The number of benzene rings is 2. The zero-order chi connectivity index (χ0) is 21.5. The van der Waals surface area contributed by atoms with E-state index >= 15 is 0 Å². The number of hydroxylamine groups is 1. The Morgan fingerprint density at radius 2 is 2.03 bits per heavy atom. The second-order valence-electron chi connectivity index (χ2n) is 8.03. The molecule has 1 amide bonds. The molecule has 6 heteroatoms. The molecule has 2 unspecified atom stereocenters. The van der Waals surface area contributed by atoms with E-state index < -0.39 is 6.17 Å². The zero-order valence-electron chi connectivity index (χ0n) is 17.4. The number of fused-ring (bicyclic) bond motifs is 2. The van der Waals surface area contributed by atoms with Gasteiger partial charge in [0, 0.05) is 10.9 Å². The third-order valence-corrected chi connectivity index (χ3v) is 5.81. The second kappa shape index (κ2) is 7.47. The lowest BCUT2D eigenvalue weighted by atomic mass is 9.98. The maximum atomic E-state index is 13.0. The monoisotopic (exact) mass is 413 g/mol. The van der Waals surface area contributed by atoms with E-state index in [2.05, 4.69) is 41.5 Å². The first-order valence-corrected chi connectivity index (χ1v) is 10.4. The van der Waals surface area contributed by atoms with Crippen LogP contribution in [-0.2, 0) is 4.74 Å². The number of allylic oxidation sites excluding steroid dienone is 4. The van der Waals surface area contributed by atoms with E-state index in [1.807, 2.05) is 43.3 Å². The number of carbonyl (C=O) groups excluding carboxylic acids is 1. The van der Waals surface area contributed by atoms with Crippen LogP contribution in [0.4, 0.5) is 0 Å². The topological polar surface area (TPSA) is 80.2 Å². The lowest BCUT2D eigenvalue weighted by molar-refractivity contribution is -0.518. The number of H-pyrrole nitrogens is 1. The zero-order valence-corrected chi connectivity index (χ0v) is 17.4.